The van der Waals surface area contributed by atoms with Gasteiger partial charge < -0.3 is 20.7 Å². The Morgan fingerprint density at radius 1 is 1.20 bits per heavy atom. The number of rotatable bonds is 7. The van der Waals surface area contributed by atoms with Gasteiger partial charge in [0.05, 0.1) is 6.61 Å². The summed E-state index contributed by atoms with van der Waals surface area (Å²) in [7, 11) is 0. The second-order valence-electron chi connectivity index (χ2n) is 5.70. The Balaban J connectivity index is 2.66. The molecule has 1 aromatic rings. The molecule has 1 unspecified atom stereocenters. The third kappa shape index (κ3) is 8.81. The predicted octanol–water partition coefficient (Wildman–Crippen LogP) is 4.23. The van der Waals surface area contributed by atoms with Gasteiger partial charge in [0.1, 0.15) is 11.9 Å². The molecule has 0 aromatic heterocycles. The van der Waals surface area contributed by atoms with Crippen LogP contribution in [-0.4, -0.2) is 27.6 Å². The lowest BCUT2D eigenvalue weighted by atomic mass is 10.1. The molecule has 25 heavy (non-hydrogen) atoms. The number of benzene rings is 1. The smallest absolute Gasteiger partial charge is 0.228 e. The third-order valence-corrected chi connectivity index (χ3v) is 3.80. The number of nitrogens with one attached hydrogen (secondary N) is 3. The monoisotopic (exact) mass is 425 g/mol. The van der Waals surface area contributed by atoms with E-state index in [1.54, 1.807) is 12.1 Å². The minimum Gasteiger partial charge on any atom is -0.494 e. The summed E-state index contributed by atoms with van der Waals surface area (Å²) in [5.74, 6) is 0.708. The van der Waals surface area contributed by atoms with Crippen LogP contribution in [0.15, 0.2) is 24.3 Å². The number of amides is 1. The molecule has 0 heterocycles. The van der Waals surface area contributed by atoms with Crippen LogP contribution in [0.5, 0.6) is 5.75 Å². The van der Waals surface area contributed by atoms with Gasteiger partial charge in [0.2, 0.25) is 9.70 Å². The van der Waals surface area contributed by atoms with Gasteiger partial charge in [0, 0.05) is 12.1 Å². The zero-order chi connectivity index (χ0) is 19.0. The van der Waals surface area contributed by atoms with Gasteiger partial charge in [-0.1, -0.05) is 48.7 Å². The maximum atomic E-state index is 11.9. The first-order valence-electron chi connectivity index (χ1n) is 7.78. The number of hydrogen-bond donors (Lipinski definition) is 3. The molecule has 3 N–H and O–H groups in total. The Labute approximate surface area is 168 Å². The van der Waals surface area contributed by atoms with Crippen LogP contribution < -0.4 is 20.7 Å². The molecule has 140 valence electrons. The van der Waals surface area contributed by atoms with Gasteiger partial charge in [0.15, 0.2) is 5.11 Å². The highest BCUT2D eigenvalue weighted by Gasteiger charge is 2.34. The van der Waals surface area contributed by atoms with Crippen molar-refractivity contribution in [1.29, 1.82) is 0 Å². The average Bonchev–Trinajstić information content (AvgIpc) is 2.47. The maximum Gasteiger partial charge on any atom is 0.228 e. The molecule has 9 heteroatoms. The molecule has 1 rings (SSSR count). The molecule has 0 aliphatic carbocycles. The number of carbonyl (C=O) groups is 1. The first-order valence-corrected chi connectivity index (χ1v) is 9.32. The van der Waals surface area contributed by atoms with Crippen molar-refractivity contribution in [3.63, 3.8) is 0 Å². The van der Waals surface area contributed by atoms with E-state index in [2.05, 4.69) is 16.0 Å². The van der Waals surface area contributed by atoms with Crippen LogP contribution in [0.25, 0.3) is 0 Å². The first-order chi connectivity index (χ1) is 11.6. The van der Waals surface area contributed by atoms with Gasteiger partial charge in [-0.25, -0.2) is 0 Å². The summed E-state index contributed by atoms with van der Waals surface area (Å²) in [4.78, 5) is 11.9. The average molecular weight is 427 g/mol. The molecule has 0 radical (unpaired) electrons. The summed E-state index contributed by atoms with van der Waals surface area (Å²) < 4.78 is 3.61. The zero-order valence-electron chi connectivity index (χ0n) is 14.2. The summed E-state index contributed by atoms with van der Waals surface area (Å²) in [5.41, 5.74) is 0.734. The number of hydrogen-bond acceptors (Lipinski definition) is 3. The lowest BCUT2D eigenvalue weighted by Crippen LogP contribution is -2.56. The highest BCUT2D eigenvalue weighted by molar-refractivity contribution is 7.80. The van der Waals surface area contributed by atoms with E-state index in [4.69, 9.17) is 51.8 Å². The number of halogens is 3. The van der Waals surface area contributed by atoms with Gasteiger partial charge in [-0.05, 0) is 49.3 Å². The first kappa shape index (κ1) is 22.1. The van der Waals surface area contributed by atoms with Crippen LogP contribution in [0, 0.1) is 5.92 Å². The van der Waals surface area contributed by atoms with Crippen molar-refractivity contribution >= 4 is 63.7 Å². The van der Waals surface area contributed by atoms with Crippen LogP contribution in [0.3, 0.4) is 0 Å². The summed E-state index contributed by atoms with van der Waals surface area (Å²) in [5, 5.41) is 8.63. The molecule has 0 saturated heterocycles. The predicted molar refractivity (Wildman–Crippen MR) is 109 cm³/mol. The Morgan fingerprint density at radius 3 is 2.28 bits per heavy atom. The minimum absolute atomic E-state index is 0.185. The van der Waals surface area contributed by atoms with Crippen molar-refractivity contribution < 1.29 is 9.53 Å². The summed E-state index contributed by atoms with van der Waals surface area (Å²) >= 11 is 23.0. The molecule has 0 aliphatic rings. The second kappa shape index (κ2) is 10.3. The molecule has 0 aliphatic heterocycles. The molecule has 1 aromatic carbocycles. The molecular weight excluding hydrogens is 405 g/mol. The van der Waals surface area contributed by atoms with E-state index in [0.717, 1.165) is 11.4 Å². The van der Waals surface area contributed by atoms with Crippen molar-refractivity contribution in [2.45, 2.75) is 37.2 Å². The fourth-order valence-electron chi connectivity index (χ4n) is 1.89. The molecule has 1 atom stereocenters. The van der Waals surface area contributed by atoms with Crippen LogP contribution in [0.1, 0.15) is 27.2 Å². The second-order valence-corrected chi connectivity index (χ2v) is 8.47. The van der Waals surface area contributed by atoms with Crippen LogP contribution >= 0.6 is 47.0 Å². The van der Waals surface area contributed by atoms with Crippen LogP contribution in [0.4, 0.5) is 5.69 Å². The molecule has 0 fully saturated rings. The fourth-order valence-corrected chi connectivity index (χ4v) is 2.45. The largest absolute Gasteiger partial charge is 0.494 e. The Bertz CT molecular complexity index is 577. The van der Waals surface area contributed by atoms with Crippen LogP contribution in [-0.2, 0) is 4.79 Å². The van der Waals surface area contributed by atoms with Gasteiger partial charge in [0.25, 0.3) is 0 Å². The Morgan fingerprint density at radius 2 is 1.80 bits per heavy atom. The standard InChI is InChI=1S/C16H22Cl3N3O2S/c1-4-24-12-7-5-11(6-8-12)20-15(25)22-14(16(17,18)19)21-13(23)9-10(2)3/h5-8,10,14H,4,9H2,1-3H3,(H,21,23)(H2,20,22,25). The molecular formula is C16H22Cl3N3O2S. The molecule has 0 spiro atoms. The van der Waals surface area contributed by atoms with E-state index in [9.17, 15) is 4.79 Å². The van der Waals surface area contributed by atoms with Crippen LogP contribution in [0.2, 0.25) is 0 Å². The maximum absolute atomic E-state index is 11.9. The lowest BCUT2D eigenvalue weighted by molar-refractivity contribution is -0.122. The Hall–Kier alpha value is -0.950. The van der Waals surface area contributed by atoms with Crippen molar-refractivity contribution in [2.75, 3.05) is 11.9 Å². The van der Waals surface area contributed by atoms with E-state index < -0.39 is 9.96 Å². The Kier molecular flexibility index (Phi) is 9.07. The number of anilines is 1. The molecule has 1 amide bonds. The SMILES string of the molecule is CCOc1ccc(NC(=S)NC(NC(=O)CC(C)C)C(Cl)(Cl)Cl)cc1. The zero-order valence-corrected chi connectivity index (χ0v) is 17.3. The molecule has 0 bridgehead atoms. The quantitative estimate of drug-likeness (QED) is 0.346. The number of carbonyl (C=O) groups excluding carboxylic acids is 1. The van der Waals surface area contributed by atoms with E-state index in [0.29, 0.717) is 13.0 Å². The van der Waals surface area contributed by atoms with Crippen molar-refractivity contribution in [2.24, 2.45) is 5.92 Å². The van der Waals surface area contributed by atoms with Gasteiger partial charge in [-0.15, -0.1) is 0 Å². The normalized spacial score (nSPS) is 12.4. The van der Waals surface area contributed by atoms with E-state index in [-0.39, 0.29) is 16.9 Å². The van der Waals surface area contributed by atoms with Gasteiger partial charge in [-0.3, -0.25) is 4.79 Å². The summed E-state index contributed by atoms with van der Waals surface area (Å²) in [6, 6.07) is 7.23. The number of ether oxygens (including phenoxy) is 1. The van der Waals surface area contributed by atoms with E-state index >= 15 is 0 Å². The topological polar surface area (TPSA) is 62.4 Å². The number of thiocarbonyl (C=S) groups is 1. The fraction of sp³-hybridized carbons (Fsp3) is 0.500. The van der Waals surface area contributed by atoms with E-state index in [1.807, 2.05) is 32.9 Å². The minimum atomic E-state index is -1.77. The lowest BCUT2D eigenvalue weighted by Gasteiger charge is -2.28. The number of alkyl halides is 3. The van der Waals surface area contributed by atoms with E-state index in [1.165, 1.54) is 0 Å². The highest BCUT2D eigenvalue weighted by atomic mass is 35.6. The summed E-state index contributed by atoms with van der Waals surface area (Å²) in [6.07, 6.45) is -0.649. The third-order valence-electron chi connectivity index (χ3n) is 2.92. The summed E-state index contributed by atoms with van der Waals surface area (Å²) in [6.45, 7) is 6.36. The van der Waals surface area contributed by atoms with Crippen molar-refractivity contribution in [1.82, 2.24) is 10.6 Å². The van der Waals surface area contributed by atoms with Gasteiger partial charge >= 0.3 is 0 Å². The highest BCUT2D eigenvalue weighted by Crippen LogP contribution is 2.29. The van der Waals surface area contributed by atoms with Gasteiger partial charge in [-0.2, -0.15) is 0 Å². The van der Waals surface area contributed by atoms with Crippen molar-refractivity contribution in [3.05, 3.63) is 24.3 Å². The molecule has 0 saturated carbocycles. The molecule has 5 nitrogen and oxygen atoms in total. The van der Waals surface area contributed by atoms with Crippen molar-refractivity contribution in [3.8, 4) is 5.75 Å².